The molecule has 0 saturated carbocycles. The van der Waals surface area contributed by atoms with Crippen LogP contribution in [0.3, 0.4) is 0 Å². The zero-order chi connectivity index (χ0) is 12.2. The molecule has 0 spiro atoms. The van der Waals surface area contributed by atoms with Crippen molar-refractivity contribution < 1.29 is 17.6 Å². The van der Waals surface area contributed by atoms with Crippen LogP contribution >= 0.6 is 0 Å². The van der Waals surface area contributed by atoms with Crippen LogP contribution in [0.15, 0.2) is 18.5 Å². The summed E-state index contributed by atoms with van der Waals surface area (Å²) in [5.74, 6) is -1.14. The van der Waals surface area contributed by atoms with Crippen molar-refractivity contribution in [3.63, 3.8) is 0 Å². The fraction of sp³-hybridized carbons (Fsp3) is 0.400. The van der Waals surface area contributed by atoms with Gasteiger partial charge in [-0.2, -0.15) is 0 Å². The molecule has 0 aromatic carbocycles. The van der Waals surface area contributed by atoms with Crippen molar-refractivity contribution in [1.82, 2.24) is 4.98 Å². The average molecular weight is 245 g/mol. The highest BCUT2D eigenvalue weighted by Gasteiger charge is 2.12. The molecule has 0 saturated heterocycles. The molecule has 0 bridgehead atoms. The van der Waals surface area contributed by atoms with Crippen LogP contribution in [0.25, 0.3) is 0 Å². The topological polar surface area (TPSA) is 64.1 Å². The van der Waals surface area contributed by atoms with Crippen LogP contribution in [0, 0.1) is 5.82 Å². The average Bonchev–Trinajstić information content (AvgIpc) is 2.16. The maximum absolute atomic E-state index is 13.1. The maximum atomic E-state index is 13.1. The van der Waals surface area contributed by atoms with Gasteiger partial charge in [0.15, 0.2) is 11.6 Å². The van der Waals surface area contributed by atoms with Gasteiger partial charge in [0.1, 0.15) is 9.84 Å². The fourth-order valence-electron chi connectivity index (χ4n) is 1.23. The minimum atomic E-state index is -3.07. The van der Waals surface area contributed by atoms with Crippen molar-refractivity contribution in [3.8, 4) is 0 Å². The summed E-state index contributed by atoms with van der Waals surface area (Å²) in [6.07, 6.45) is 3.62. The van der Waals surface area contributed by atoms with Gasteiger partial charge in [0.25, 0.3) is 0 Å². The second kappa shape index (κ2) is 5.16. The molecular weight excluding hydrogens is 233 g/mol. The Morgan fingerprint density at radius 1 is 1.50 bits per heavy atom. The lowest BCUT2D eigenvalue weighted by Gasteiger charge is -2.01. The first-order valence-corrected chi connectivity index (χ1v) is 6.76. The molecule has 0 aliphatic carbocycles. The highest BCUT2D eigenvalue weighted by Crippen LogP contribution is 2.09. The lowest BCUT2D eigenvalue weighted by atomic mass is 10.1. The number of carbonyl (C=O) groups excluding carboxylic acids is 1. The SMILES string of the molecule is CS(=O)(=O)CCCC(=O)c1ccncc1F. The van der Waals surface area contributed by atoms with Gasteiger partial charge in [-0.15, -0.1) is 0 Å². The molecule has 0 fully saturated rings. The standard InChI is InChI=1S/C10H12FNO3S/c1-16(14,15)6-2-3-10(13)8-4-5-12-7-9(8)11/h4-5,7H,2-3,6H2,1H3. The molecule has 1 aromatic rings. The van der Waals surface area contributed by atoms with Crippen molar-refractivity contribution >= 4 is 15.6 Å². The van der Waals surface area contributed by atoms with E-state index in [0.717, 1.165) is 12.5 Å². The summed E-state index contributed by atoms with van der Waals surface area (Å²) in [7, 11) is -3.07. The minimum Gasteiger partial charge on any atom is -0.294 e. The van der Waals surface area contributed by atoms with Crippen LogP contribution in [0.1, 0.15) is 23.2 Å². The van der Waals surface area contributed by atoms with E-state index in [-0.39, 0.29) is 24.2 Å². The van der Waals surface area contributed by atoms with Gasteiger partial charge in [-0.1, -0.05) is 0 Å². The molecule has 0 radical (unpaired) electrons. The number of hydrogen-bond acceptors (Lipinski definition) is 4. The number of pyridine rings is 1. The van der Waals surface area contributed by atoms with Crippen molar-refractivity contribution in [3.05, 3.63) is 29.8 Å². The van der Waals surface area contributed by atoms with Gasteiger partial charge in [-0.05, 0) is 12.5 Å². The predicted molar refractivity (Wildman–Crippen MR) is 57.5 cm³/mol. The van der Waals surface area contributed by atoms with Crippen LogP contribution in [0.5, 0.6) is 0 Å². The molecule has 4 nitrogen and oxygen atoms in total. The Morgan fingerprint density at radius 2 is 2.19 bits per heavy atom. The number of nitrogens with zero attached hydrogens (tertiary/aromatic N) is 1. The van der Waals surface area contributed by atoms with Crippen LogP contribution in [-0.4, -0.2) is 31.2 Å². The Labute approximate surface area is 93.4 Å². The molecule has 0 aliphatic heterocycles. The van der Waals surface area contributed by atoms with E-state index in [1.807, 2.05) is 0 Å². The Hall–Kier alpha value is -1.30. The fourth-order valence-corrected chi connectivity index (χ4v) is 1.90. The third kappa shape index (κ3) is 4.06. The minimum absolute atomic E-state index is 0.0218. The molecule has 0 N–H and O–H groups in total. The lowest BCUT2D eigenvalue weighted by Crippen LogP contribution is -2.08. The number of ketones is 1. The first-order valence-electron chi connectivity index (χ1n) is 4.70. The van der Waals surface area contributed by atoms with Gasteiger partial charge in [0, 0.05) is 18.9 Å². The molecule has 1 aromatic heterocycles. The third-order valence-corrected chi connectivity index (χ3v) is 3.02. The Morgan fingerprint density at radius 3 is 2.75 bits per heavy atom. The largest absolute Gasteiger partial charge is 0.294 e. The van der Waals surface area contributed by atoms with E-state index in [1.54, 1.807) is 0 Å². The number of aromatic nitrogens is 1. The number of hydrogen-bond donors (Lipinski definition) is 0. The monoisotopic (exact) mass is 245 g/mol. The van der Waals surface area contributed by atoms with E-state index < -0.39 is 21.4 Å². The van der Waals surface area contributed by atoms with E-state index in [0.29, 0.717) is 0 Å². The van der Waals surface area contributed by atoms with Crippen LogP contribution in [0.2, 0.25) is 0 Å². The van der Waals surface area contributed by atoms with Crippen LogP contribution < -0.4 is 0 Å². The van der Waals surface area contributed by atoms with Gasteiger partial charge in [-0.3, -0.25) is 9.78 Å². The lowest BCUT2D eigenvalue weighted by molar-refractivity contribution is 0.0978. The molecule has 0 atom stereocenters. The molecular formula is C10H12FNO3S. The maximum Gasteiger partial charge on any atom is 0.165 e. The number of sulfone groups is 1. The van der Waals surface area contributed by atoms with E-state index in [2.05, 4.69) is 4.98 Å². The van der Waals surface area contributed by atoms with Crippen LogP contribution in [0.4, 0.5) is 4.39 Å². The second-order valence-corrected chi connectivity index (χ2v) is 5.77. The summed E-state index contributed by atoms with van der Waals surface area (Å²) in [5, 5.41) is 0. The van der Waals surface area contributed by atoms with E-state index in [4.69, 9.17) is 0 Å². The third-order valence-electron chi connectivity index (χ3n) is 1.99. The summed E-state index contributed by atoms with van der Waals surface area (Å²) in [4.78, 5) is 15.0. The normalized spacial score (nSPS) is 11.4. The van der Waals surface area contributed by atoms with E-state index in [9.17, 15) is 17.6 Å². The summed E-state index contributed by atoms with van der Waals surface area (Å²) < 4.78 is 34.7. The predicted octanol–water partition coefficient (Wildman–Crippen LogP) is 1.23. The first kappa shape index (κ1) is 12.8. The summed E-state index contributed by atoms with van der Waals surface area (Å²) >= 11 is 0. The number of rotatable bonds is 5. The van der Waals surface area contributed by atoms with Gasteiger partial charge in [0.2, 0.25) is 0 Å². The van der Waals surface area contributed by atoms with Crippen molar-refractivity contribution in [2.75, 3.05) is 12.0 Å². The Kier molecular flexibility index (Phi) is 4.12. The number of halogens is 1. The number of Topliss-reactive ketones (excluding diaryl/α,β-unsaturated/α-hetero) is 1. The van der Waals surface area contributed by atoms with Crippen molar-refractivity contribution in [1.29, 1.82) is 0 Å². The molecule has 6 heteroatoms. The Balaban J connectivity index is 2.57. The van der Waals surface area contributed by atoms with E-state index >= 15 is 0 Å². The highest BCUT2D eigenvalue weighted by atomic mass is 32.2. The Bertz CT molecular complexity index is 485. The summed E-state index contributed by atoms with van der Waals surface area (Å²) in [6.45, 7) is 0. The molecule has 0 aliphatic rings. The van der Waals surface area contributed by atoms with Gasteiger partial charge < -0.3 is 0 Å². The molecule has 1 rings (SSSR count). The quantitative estimate of drug-likeness (QED) is 0.732. The van der Waals surface area contributed by atoms with Gasteiger partial charge >= 0.3 is 0 Å². The number of carbonyl (C=O) groups is 1. The first-order chi connectivity index (χ1) is 7.40. The molecule has 1 heterocycles. The molecule has 16 heavy (non-hydrogen) atoms. The molecule has 0 amide bonds. The second-order valence-electron chi connectivity index (χ2n) is 3.51. The molecule has 88 valence electrons. The summed E-state index contributed by atoms with van der Waals surface area (Å²) in [6, 6.07) is 1.29. The van der Waals surface area contributed by atoms with Gasteiger partial charge in [0.05, 0.1) is 17.5 Å². The van der Waals surface area contributed by atoms with E-state index in [1.165, 1.54) is 12.3 Å². The molecule has 0 unspecified atom stereocenters. The smallest absolute Gasteiger partial charge is 0.165 e. The zero-order valence-electron chi connectivity index (χ0n) is 8.81. The van der Waals surface area contributed by atoms with Crippen LogP contribution in [-0.2, 0) is 9.84 Å². The summed E-state index contributed by atoms with van der Waals surface area (Å²) in [5.41, 5.74) is -0.0384. The van der Waals surface area contributed by atoms with Gasteiger partial charge in [-0.25, -0.2) is 12.8 Å². The van der Waals surface area contributed by atoms with Crippen molar-refractivity contribution in [2.24, 2.45) is 0 Å². The highest BCUT2D eigenvalue weighted by molar-refractivity contribution is 7.90. The van der Waals surface area contributed by atoms with Crippen molar-refractivity contribution in [2.45, 2.75) is 12.8 Å². The zero-order valence-corrected chi connectivity index (χ0v) is 9.63.